The van der Waals surface area contributed by atoms with Gasteiger partial charge in [0.2, 0.25) is 0 Å². The normalized spacial score (nSPS) is 11.0. The van der Waals surface area contributed by atoms with Crippen LogP contribution in [0.3, 0.4) is 0 Å². The highest BCUT2D eigenvalue weighted by atomic mass is 16.5. The number of hydrogen-bond donors (Lipinski definition) is 0. The molecule has 17 heavy (non-hydrogen) atoms. The maximum atomic E-state index is 5.74. The van der Waals surface area contributed by atoms with Crippen molar-refractivity contribution in [3.8, 4) is 11.5 Å². The molecule has 0 bridgehead atoms. The van der Waals surface area contributed by atoms with Crippen LogP contribution in [-0.4, -0.2) is 12.2 Å². The lowest BCUT2D eigenvalue weighted by molar-refractivity contribution is 0.228. The summed E-state index contributed by atoms with van der Waals surface area (Å²) in [5.74, 6) is 1.81. The van der Waals surface area contributed by atoms with Crippen molar-refractivity contribution in [3.63, 3.8) is 0 Å². The van der Waals surface area contributed by atoms with Gasteiger partial charge in [-0.1, -0.05) is 13.3 Å². The molecule has 0 amide bonds. The van der Waals surface area contributed by atoms with Gasteiger partial charge in [-0.2, -0.15) is 0 Å². The highest BCUT2D eigenvalue weighted by Gasteiger charge is 2.06. The van der Waals surface area contributed by atoms with Crippen LogP contribution >= 0.6 is 0 Å². The smallest absolute Gasteiger partial charge is 0.123 e. The predicted molar refractivity (Wildman–Crippen MR) is 72.0 cm³/mol. The monoisotopic (exact) mass is 236 g/mol. The minimum atomic E-state index is 0.193. The van der Waals surface area contributed by atoms with Gasteiger partial charge in [-0.25, -0.2) is 0 Å². The molecule has 0 spiro atoms. The Bertz CT molecular complexity index is 315. The molecule has 0 heterocycles. The summed E-state index contributed by atoms with van der Waals surface area (Å²) in [5, 5.41) is 0. The van der Waals surface area contributed by atoms with Crippen LogP contribution < -0.4 is 9.47 Å². The van der Waals surface area contributed by atoms with E-state index in [1.165, 1.54) is 5.56 Å². The predicted octanol–water partition coefficient (Wildman–Crippen LogP) is 4.21. The first-order valence-corrected chi connectivity index (χ1v) is 6.48. The Morgan fingerprint density at radius 2 is 1.35 bits per heavy atom. The van der Waals surface area contributed by atoms with Gasteiger partial charge in [0.25, 0.3) is 0 Å². The third-order valence-corrected chi connectivity index (χ3v) is 2.22. The van der Waals surface area contributed by atoms with Crippen molar-refractivity contribution in [1.29, 1.82) is 0 Å². The largest absolute Gasteiger partial charge is 0.491 e. The fraction of sp³-hybridized carbons (Fsp3) is 0.600. The van der Waals surface area contributed by atoms with E-state index < -0.39 is 0 Å². The second-order valence-corrected chi connectivity index (χ2v) is 4.90. The summed E-state index contributed by atoms with van der Waals surface area (Å²) < 4.78 is 11.5. The van der Waals surface area contributed by atoms with Crippen molar-refractivity contribution in [1.82, 2.24) is 0 Å². The lowest BCUT2D eigenvalue weighted by Gasteiger charge is -2.15. The molecule has 1 aromatic carbocycles. The molecule has 1 rings (SSSR count). The number of aryl methyl sites for hydroxylation is 1. The Kier molecular flexibility index (Phi) is 5.33. The standard InChI is InChI=1S/C15H24O2/c1-6-7-13-8-14(16-11(2)3)10-15(9-13)17-12(4)5/h8-12H,6-7H2,1-5H3. The van der Waals surface area contributed by atoms with Gasteiger partial charge in [0.1, 0.15) is 11.5 Å². The van der Waals surface area contributed by atoms with E-state index in [1.54, 1.807) is 0 Å². The average Bonchev–Trinajstić information content (AvgIpc) is 2.14. The van der Waals surface area contributed by atoms with Crippen LogP contribution in [0.1, 0.15) is 46.6 Å². The molecule has 0 unspecified atom stereocenters. The molecule has 0 fully saturated rings. The maximum Gasteiger partial charge on any atom is 0.123 e. The Hall–Kier alpha value is -1.18. The third kappa shape index (κ3) is 5.12. The molecular formula is C15H24O2. The van der Waals surface area contributed by atoms with E-state index in [2.05, 4.69) is 19.1 Å². The molecular weight excluding hydrogens is 212 g/mol. The maximum absolute atomic E-state index is 5.74. The first kappa shape index (κ1) is 13.9. The zero-order chi connectivity index (χ0) is 12.8. The van der Waals surface area contributed by atoms with Crippen LogP contribution in [0.2, 0.25) is 0 Å². The molecule has 2 heteroatoms. The summed E-state index contributed by atoms with van der Waals surface area (Å²) in [6, 6.07) is 6.19. The number of benzene rings is 1. The minimum absolute atomic E-state index is 0.193. The van der Waals surface area contributed by atoms with Crippen molar-refractivity contribution in [2.24, 2.45) is 0 Å². The Morgan fingerprint density at radius 1 is 0.882 bits per heavy atom. The topological polar surface area (TPSA) is 18.5 Å². The summed E-state index contributed by atoms with van der Waals surface area (Å²) in [4.78, 5) is 0. The summed E-state index contributed by atoms with van der Waals surface area (Å²) in [6.45, 7) is 10.3. The summed E-state index contributed by atoms with van der Waals surface area (Å²) >= 11 is 0. The van der Waals surface area contributed by atoms with Crippen molar-refractivity contribution < 1.29 is 9.47 Å². The zero-order valence-corrected chi connectivity index (χ0v) is 11.6. The molecule has 0 aliphatic heterocycles. The second kappa shape index (κ2) is 6.53. The van der Waals surface area contributed by atoms with E-state index in [4.69, 9.17) is 9.47 Å². The molecule has 1 aromatic rings. The molecule has 0 aliphatic rings. The van der Waals surface area contributed by atoms with E-state index in [9.17, 15) is 0 Å². The Morgan fingerprint density at radius 3 is 1.71 bits per heavy atom. The molecule has 0 saturated carbocycles. The molecule has 0 aliphatic carbocycles. The number of hydrogen-bond acceptors (Lipinski definition) is 2. The van der Waals surface area contributed by atoms with Gasteiger partial charge >= 0.3 is 0 Å². The van der Waals surface area contributed by atoms with Crippen LogP contribution in [-0.2, 0) is 6.42 Å². The minimum Gasteiger partial charge on any atom is -0.491 e. The van der Waals surface area contributed by atoms with Crippen molar-refractivity contribution in [2.45, 2.75) is 59.7 Å². The highest BCUT2D eigenvalue weighted by Crippen LogP contribution is 2.25. The molecule has 0 aromatic heterocycles. The average molecular weight is 236 g/mol. The summed E-state index contributed by atoms with van der Waals surface area (Å²) in [5.41, 5.74) is 1.28. The molecule has 2 nitrogen and oxygen atoms in total. The lowest BCUT2D eigenvalue weighted by Crippen LogP contribution is -2.08. The Labute approximate surface area is 105 Å². The summed E-state index contributed by atoms with van der Waals surface area (Å²) in [6.07, 6.45) is 2.58. The van der Waals surface area contributed by atoms with E-state index in [0.29, 0.717) is 0 Å². The van der Waals surface area contributed by atoms with E-state index >= 15 is 0 Å². The highest BCUT2D eigenvalue weighted by molar-refractivity contribution is 5.38. The van der Waals surface area contributed by atoms with Gasteiger partial charge in [-0.05, 0) is 51.8 Å². The number of rotatable bonds is 6. The molecule has 0 N–H and O–H groups in total. The van der Waals surface area contributed by atoms with Crippen molar-refractivity contribution in [3.05, 3.63) is 23.8 Å². The van der Waals surface area contributed by atoms with Gasteiger partial charge < -0.3 is 9.47 Å². The van der Waals surface area contributed by atoms with Gasteiger partial charge in [0.15, 0.2) is 0 Å². The third-order valence-electron chi connectivity index (χ3n) is 2.22. The fourth-order valence-corrected chi connectivity index (χ4v) is 1.74. The molecule has 96 valence electrons. The van der Waals surface area contributed by atoms with Gasteiger partial charge in [0.05, 0.1) is 12.2 Å². The molecule has 0 saturated heterocycles. The van der Waals surface area contributed by atoms with Crippen molar-refractivity contribution in [2.75, 3.05) is 0 Å². The van der Waals surface area contributed by atoms with Crippen LogP contribution in [0.4, 0.5) is 0 Å². The van der Waals surface area contributed by atoms with Crippen LogP contribution in [0.15, 0.2) is 18.2 Å². The van der Waals surface area contributed by atoms with Crippen LogP contribution in [0, 0.1) is 0 Å². The van der Waals surface area contributed by atoms with Gasteiger partial charge in [0, 0.05) is 6.07 Å². The molecule has 0 radical (unpaired) electrons. The van der Waals surface area contributed by atoms with Crippen LogP contribution in [0.25, 0.3) is 0 Å². The zero-order valence-electron chi connectivity index (χ0n) is 11.6. The first-order valence-electron chi connectivity index (χ1n) is 6.48. The first-order chi connectivity index (χ1) is 8.01. The quantitative estimate of drug-likeness (QED) is 0.736. The fourth-order valence-electron chi connectivity index (χ4n) is 1.74. The lowest BCUT2D eigenvalue weighted by atomic mass is 10.1. The van der Waals surface area contributed by atoms with E-state index in [1.807, 2.05) is 33.8 Å². The molecule has 0 atom stereocenters. The SMILES string of the molecule is CCCc1cc(OC(C)C)cc(OC(C)C)c1. The van der Waals surface area contributed by atoms with E-state index in [-0.39, 0.29) is 12.2 Å². The second-order valence-electron chi connectivity index (χ2n) is 4.90. The van der Waals surface area contributed by atoms with Crippen LogP contribution in [0.5, 0.6) is 11.5 Å². The van der Waals surface area contributed by atoms with Gasteiger partial charge in [-0.3, -0.25) is 0 Å². The number of ether oxygens (including phenoxy) is 2. The summed E-state index contributed by atoms with van der Waals surface area (Å²) in [7, 11) is 0. The van der Waals surface area contributed by atoms with Gasteiger partial charge in [-0.15, -0.1) is 0 Å². The Balaban J connectivity index is 2.91. The van der Waals surface area contributed by atoms with E-state index in [0.717, 1.165) is 24.3 Å². The van der Waals surface area contributed by atoms with Crippen molar-refractivity contribution >= 4 is 0 Å².